The summed E-state index contributed by atoms with van der Waals surface area (Å²) >= 11 is 0. The SMILES string of the molecule is C=CCN(CC(=O)N(Cc1cccn1C)C1CC1)C(=O)C1CCC1. The second kappa shape index (κ2) is 7.24. The Hall–Kier alpha value is -2.04. The summed E-state index contributed by atoms with van der Waals surface area (Å²) in [5.41, 5.74) is 1.12. The van der Waals surface area contributed by atoms with E-state index in [1.165, 1.54) is 0 Å². The van der Waals surface area contributed by atoms with Gasteiger partial charge in [0.1, 0.15) is 6.54 Å². The van der Waals surface area contributed by atoms with Crippen molar-refractivity contribution in [3.05, 3.63) is 36.7 Å². The second-order valence-corrected chi connectivity index (χ2v) is 7.00. The molecule has 130 valence electrons. The zero-order valence-electron chi connectivity index (χ0n) is 14.5. The number of carbonyl (C=O) groups is 2. The van der Waals surface area contributed by atoms with Gasteiger partial charge in [-0.2, -0.15) is 0 Å². The Balaban J connectivity index is 1.66. The third kappa shape index (κ3) is 3.71. The zero-order valence-corrected chi connectivity index (χ0v) is 14.5. The maximum absolute atomic E-state index is 12.9. The van der Waals surface area contributed by atoms with E-state index in [9.17, 15) is 9.59 Å². The highest BCUT2D eigenvalue weighted by atomic mass is 16.2. The van der Waals surface area contributed by atoms with Crippen LogP contribution >= 0.6 is 0 Å². The summed E-state index contributed by atoms with van der Waals surface area (Å²) < 4.78 is 2.05. The number of hydrogen-bond acceptors (Lipinski definition) is 2. The van der Waals surface area contributed by atoms with E-state index in [0.29, 0.717) is 19.1 Å². The molecule has 5 heteroatoms. The van der Waals surface area contributed by atoms with Crippen molar-refractivity contribution in [2.75, 3.05) is 13.1 Å². The lowest BCUT2D eigenvalue weighted by Gasteiger charge is -2.32. The molecule has 0 aromatic carbocycles. The van der Waals surface area contributed by atoms with E-state index in [1.807, 2.05) is 34.8 Å². The molecule has 2 aliphatic carbocycles. The average Bonchev–Trinajstić information content (AvgIpc) is 3.25. The van der Waals surface area contributed by atoms with Gasteiger partial charge in [-0.3, -0.25) is 9.59 Å². The number of aryl methyl sites for hydroxylation is 1. The van der Waals surface area contributed by atoms with E-state index in [4.69, 9.17) is 0 Å². The van der Waals surface area contributed by atoms with Crippen LogP contribution in [0.1, 0.15) is 37.8 Å². The summed E-state index contributed by atoms with van der Waals surface area (Å²) in [5, 5.41) is 0. The highest BCUT2D eigenvalue weighted by Gasteiger charge is 2.35. The molecule has 3 rings (SSSR count). The molecule has 2 saturated carbocycles. The van der Waals surface area contributed by atoms with Crippen LogP contribution in [0.3, 0.4) is 0 Å². The third-order valence-corrected chi connectivity index (χ3v) is 5.13. The van der Waals surface area contributed by atoms with Crippen molar-refractivity contribution in [2.24, 2.45) is 13.0 Å². The highest BCUT2D eigenvalue weighted by Crippen LogP contribution is 2.30. The number of amides is 2. The third-order valence-electron chi connectivity index (χ3n) is 5.13. The Morgan fingerprint density at radius 3 is 2.58 bits per heavy atom. The summed E-state index contributed by atoms with van der Waals surface area (Å²) in [6.07, 6.45) is 8.86. The average molecular weight is 329 g/mol. The lowest BCUT2D eigenvalue weighted by Crippen LogP contribution is -2.46. The molecule has 0 saturated heterocycles. The molecule has 0 radical (unpaired) electrons. The quantitative estimate of drug-likeness (QED) is 0.687. The van der Waals surface area contributed by atoms with Gasteiger partial charge in [-0.25, -0.2) is 0 Å². The summed E-state index contributed by atoms with van der Waals surface area (Å²) in [6, 6.07) is 4.37. The van der Waals surface area contributed by atoms with Crippen molar-refractivity contribution >= 4 is 11.8 Å². The number of rotatable bonds is 8. The highest BCUT2D eigenvalue weighted by molar-refractivity contribution is 5.86. The Labute approximate surface area is 143 Å². The monoisotopic (exact) mass is 329 g/mol. The Morgan fingerprint density at radius 2 is 2.08 bits per heavy atom. The van der Waals surface area contributed by atoms with E-state index >= 15 is 0 Å². The van der Waals surface area contributed by atoms with Gasteiger partial charge < -0.3 is 14.4 Å². The maximum atomic E-state index is 12.9. The van der Waals surface area contributed by atoms with Gasteiger partial charge >= 0.3 is 0 Å². The van der Waals surface area contributed by atoms with E-state index < -0.39 is 0 Å². The standard InChI is InChI=1S/C19H27N3O2/c1-3-11-21(19(24)15-6-4-7-15)14-18(23)22(16-9-10-16)13-17-8-5-12-20(17)2/h3,5,8,12,15-16H,1,4,6-7,9-11,13-14H2,2H3. The molecule has 2 amide bonds. The lowest BCUT2D eigenvalue weighted by atomic mass is 9.84. The number of hydrogen-bond donors (Lipinski definition) is 0. The molecule has 0 atom stereocenters. The van der Waals surface area contributed by atoms with Gasteiger partial charge in [-0.05, 0) is 37.8 Å². The Kier molecular flexibility index (Phi) is 5.07. The molecule has 2 fully saturated rings. The van der Waals surface area contributed by atoms with Crippen LogP contribution in [0.2, 0.25) is 0 Å². The van der Waals surface area contributed by atoms with Crippen molar-refractivity contribution in [1.82, 2.24) is 14.4 Å². The van der Waals surface area contributed by atoms with Crippen molar-refractivity contribution in [2.45, 2.75) is 44.7 Å². The largest absolute Gasteiger partial charge is 0.353 e. The number of aromatic nitrogens is 1. The van der Waals surface area contributed by atoms with Crippen LogP contribution in [0, 0.1) is 5.92 Å². The van der Waals surface area contributed by atoms with Crippen LogP contribution in [0.25, 0.3) is 0 Å². The fourth-order valence-electron chi connectivity index (χ4n) is 3.20. The molecule has 1 heterocycles. The van der Waals surface area contributed by atoms with Crippen LogP contribution in [0.15, 0.2) is 31.0 Å². The van der Waals surface area contributed by atoms with E-state index in [0.717, 1.165) is 37.8 Å². The van der Waals surface area contributed by atoms with Gasteiger partial charge in [-0.1, -0.05) is 12.5 Å². The molecule has 5 nitrogen and oxygen atoms in total. The summed E-state index contributed by atoms with van der Waals surface area (Å²) in [5.74, 6) is 0.275. The van der Waals surface area contributed by atoms with E-state index in [-0.39, 0.29) is 24.3 Å². The second-order valence-electron chi connectivity index (χ2n) is 7.00. The molecule has 0 N–H and O–H groups in total. The first-order valence-electron chi connectivity index (χ1n) is 8.89. The van der Waals surface area contributed by atoms with Crippen LogP contribution in [0.5, 0.6) is 0 Å². The minimum Gasteiger partial charge on any atom is -0.353 e. The summed E-state index contributed by atoms with van der Waals surface area (Å²) in [6.45, 7) is 4.97. The first kappa shape index (κ1) is 16.8. The summed E-state index contributed by atoms with van der Waals surface area (Å²) in [7, 11) is 2.00. The normalized spacial score (nSPS) is 17.2. The van der Waals surface area contributed by atoms with Gasteiger partial charge in [0, 0.05) is 37.4 Å². The lowest BCUT2D eigenvalue weighted by molar-refractivity contribution is -0.144. The predicted octanol–water partition coefficient (Wildman–Crippen LogP) is 2.33. The minimum absolute atomic E-state index is 0.0493. The molecule has 2 aliphatic rings. The number of carbonyl (C=O) groups excluding carboxylic acids is 2. The Morgan fingerprint density at radius 1 is 1.33 bits per heavy atom. The maximum Gasteiger partial charge on any atom is 0.242 e. The fraction of sp³-hybridized carbons (Fsp3) is 0.579. The van der Waals surface area contributed by atoms with Gasteiger partial charge in [-0.15, -0.1) is 6.58 Å². The van der Waals surface area contributed by atoms with Crippen LogP contribution < -0.4 is 0 Å². The van der Waals surface area contributed by atoms with Crippen molar-refractivity contribution in [1.29, 1.82) is 0 Å². The fourth-order valence-corrected chi connectivity index (χ4v) is 3.20. The topological polar surface area (TPSA) is 45.6 Å². The van der Waals surface area contributed by atoms with Crippen LogP contribution in [0.4, 0.5) is 0 Å². The molecule has 0 spiro atoms. The van der Waals surface area contributed by atoms with Crippen LogP contribution in [-0.4, -0.2) is 45.3 Å². The first-order chi connectivity index (χ1) is 11.6. The first-order valence-corrected chi connectivity index (χ1v) is 8.89. The molecule has 0 unspecified atom stereocenters. The van der Waals surface area contributed by atoms with E-state index in [2.05, 4.69) is 6.58 Å². The number of nitrogens with zero attached hydrogens (tertiary/aromatic N) is 3. The molecular weight excluding hydrogens is 302 g/mol. The van der Waals surface area contributed by atoms with E-state index in [1.54, 1.807) is 11.0 Å². The predicted molar refractivity (Wildman–Crippen MR) is 93.1 cm³/mol. The zero-order chi connectivity index (χ0) is 17.1. The van der Waals surface area contributed by atoms with Crippen LogP contribution in [-0.2, 0) is 23.2 Å². The van der Waals surface area contributed by atoms with Gasteiger partial charge in [0.15, 0.2) is 0 Å². The van der Waals surface area contributed by atoms with Gasteiger partial charge in [0.05, 0.1) is 6.54 Å². The molecule has 24 heavy (non-hydrogen) atoms. The van der Waals surface area contributed by atoms with Crippen molar-refractivity contribution in [3.63, 3.8) is 0 Å². The molecule has 1 aromatic rings. The minimum atomic E-state index is 0.0493. The molecular formula is C19H27N3O2. The van der Waals surface area contributed by atoms with Gasteiger partial charge in [0.25, 0.3) is 0 Å². The smallest absolute Gasteiger partial charge is 0.242 e. The van der Waals surface area contributed by atoms with Crippen molar-refractivity contribution in [3.8, 4) is 0 Å². The summed E-state index contributed by atoms with van der Waals surface area (Å²) in [4.78, 5) is 29.0. The van der Waals surface area contributed by atoms with Crippen molar-refractivity contribution < 1.29 is 9.59 Å². The molecule has 1 aromatic heterocycles. The Bertz CT molecular complexity index is 614. The molecule has 0 aliphatic heterocycles. The molecule has 0 bridgehead atoms. The van der Waals surface area contributed by atoms with Gasteiger partial charge in [0.2, 0.25) is 11.8 Å².